The average Bonchev–Trinajstić information content (AvgIpc) is 3.09. The molecule has 1 rings (SSSR count). The van der Waals surface area contributed by atoms with Crippen molar-refractivity contribution in [2.45, 2.75) is 25.8 Å². The van der Waals surface area contributed by atoms with Crippen LogP contribution in [0.1, 0.15) is 19.8 Å². The first-order valence-electron chi connectivity index (χ1n) is 5.65. The number of carbonyl (C=O) groups excluding carboxylic acids is 1. The molecule has 17 heavy (non-hydrogen) atoms. The Balaban J connectivity index is 2.32. The van der Waals surface area contributed by atoms with E-state index in [1.54, 1.807) is 0 Å². The van der Waals surface area contributed by atoms with Crippen LogP contribution in [0.25, 0.3) is 0 Å². The summed E-state index contributed by atoms with van der Waals surface area (Å²) < 4.78 is 11.1. The molecule has 0 spiro atoms. The summed E-state index contributed by atoms with van der Waals surface area (Å²) in [5.41, 5.74) is 0. The van der Waals surface area contributed by atoms with E-state index in [0.29, 0.717) is 18.1 Å². The van der Waals surface area contributed by atoms with Crippen LogP contribution in [0.15, 0.2) is 0 Å². The minimum Gasteiger partial charge on any atom is -0.480 e. The molecule has 0 aromatic rings. The molecule has 0 aliphatic heterocycles. The van der Waals surface area contributed by atoms with Crippen LogP contribution in [-0.4, -0.2) is 56.9 Å². The Morgan fingerprint density at radius 3 is 2.59 bits per heavy atom. The lowest BCUT2D eigenvalue weighted by Gasteiger charge is -2.20. The zero-order chi connectivity index (χ0) is 12.8. The second-order valence-electron chi connectivity index (χ2n) is 3.92. The van der Waals surface area contributed by atoms with Crippen molar-refractivity contribution >= 4 is 22.8 Å². The van der Waals surface area contributed by atoms with Gasteiger partial charge in [0, 0.05) is 34.9 Å². The Kier molecular flexibility index (Phi) is 5.40. The standard InChI is InChI=1S/C10H18N2O4S/c1-2-17(16)6-5-11-10(15)12(7-9(13)14)8-3-4-8/h8H,2-7H2,1H3,(H,11,15)(H,13,14). The van der Waals surface area contributed by atoms with Gasteiger partial charge >= 0.3 is 12.0 Å². The summed E-state index contributed by atoms with van der Waals surface area (Å²) in [4.78, 5) is 23.6. The number of rotatable bonds is 7. The molecule has 7 heteroatoms. The Morgan fingerprint density at radius 2 is 2.12 bits per heavy atom. The zero-order valence-electron chi connectivity index (χ0n) is 9.85. The van der Waals surface area contributed by atoms with Gasteiger partial charge in [-0.1, -0.05) is 6.92 Å². The van der Waals surface area contributed by atoms with Crippen molar-refractivity contribution in [1.29, 1.82) is 0 Å². The van der Waals surface area contributed by atoms with Gasteiger partial charge in [-0.25, -0.2) is 4.79 Å². The van der Waals surface area contributed by atoms with Crippen LogP contribution in [0.4, 0.5) is 4.79 Å². The molecule has 0 aromatic carbocycles. The van der Waals surface area contributed by atoms with E-state index in [0.717, 1.165) is 12.8 Å². The molecule has 1 aliphatic carbocycles. The molecule has 2 amide bonds. The smallest absolute Gasteiger partial charge is 0.323 e. The van der Waals surface area contributed by atoms with E-state index >= 15 is 0 Å². The van der Waals surface area contributed by atoms with Gasteiger partial charge in [-0.3, -0.25) is 9.00 Å². The van der Waals surface area contributed by atoms with E-state index in [4.69, 9.17) is 5.11 Å². The fourth-order valence-corrected chi connectivity index (χ4v) is 2.03. The van der Waals surface area contributed by atoms with E-state index in [2.05, 4.69) is 5.32 Å². The van der Waals surface area contributed by atoms with Gasteiger partial charge in [0.05, 0.1) is 0 Å². The number of hydrogen-bond acceptors (Lipinski definition) is 3. The number of aliphatic carboxylic acids is 1. The molecule has 2 N–H and O–H groups in total. The number of carboxylic acids is 1. The summed E-state index contributed by atoms with van der Waals surface area (Å²) in [7, 11) is -0.912. The lowest BCUT2D eigenvalue weighted by atomic mass is 10.5. The SMILES string of the molecule is CCS(=O)CCNC(=O)N(CC(=O)O)C1CC1. The van der Waals surface area contributed by atoms with Crippen LogP contribution in [0, 0.1) is 0 Å². The zero-order valence-corrected chi connectivity index (χ0v) is 10.7. The predicted octanol–water partition coefficient (Wildman–Crippen LogP) is 0.0136. The second-order valence-corrected chi connectivity index (χ2v) is 5.78. The van der Waals surface area contributed by atoms with Gasteiger partial charge < -0.3 is 15.3 Å². The first-order chi connectivity index (χ1) is 8.04. The maximum Gasteiger partial charge on any atom is 0.323 e. The lowest BCUT2D eigenvalue weighted by molar-refractivity contribution is -0.137. The van der Waals surface area contributed by atoms with Crippen molar-refractivity contribution in [3.63, 3.8) is 0 Å². The van der Waals surface area contributed by atoms with Crippen LogP contribution in [0.5, 0.6) is 0 Å². The molecule has 0 heterocycles. The topological polar surface area (TPSA) is 86.7 Å². The maximum atomic E-state index is 11.7. The van der Waals surface area contributed by atoms with Gasteiger partial charge in [-0.15, -0.1) is 0 Å². The molecule has 0 saturated heterocycles. The molecule has 6 nitrogen and oxygen atoms in total. The van der Waals surface area contributed by atoms with Crippen molar-refractivity contribution < 1.29 is 18.9 Å². The average molecular weight is 262 g/mol. The minimum atomic E-state index is -1.01. The highest BCUT2D eigenvalue weighted by molar-refractivity contribution is 7.84. The Labute approximate surface area is 103 Å². The highest BCUT2D eigenvalue weighted by Gasteiger charge is 2.33. The van der Waals surface area contributed by atoms with Crippen molar-refractivity contribution in [1.82, 2.24) is 10.2 Å². The number of carbonyl (C=O) groups is 2. The van der Waals surface area contributed by atoms with Crippen molar-refractivity contribution in [2.75, 3.05) is 24.6 Å². The van der Waals surface area contributed by atoms with Gasteiger partial charge in [0.15, 0.2) is 0 Å². The normalized spacial score (nSPS) is 16.3. The summed E-state index contributed by atoms with van der Waals surface area (Å²) >= 11 is 0. The third kappa shape index (κ3) is 5.16. The van der Waals surface area contributed by atoms with Crippen LogP contribution < -0.4 is 5.32 Å². The molecular weight excluding hydrogens is 244 g/mol. The second kappa shape index (κ2) is 6.58. The summed E-state index contributed by atoms with van der Waals surface area (Å²) in [6.45, 7) is 1.87. The fourth-order valence-electron chi connectivity index (χ4n) is 1.42. The fraction of sp³-hybridized carbons (Fsp3) is 0.800. The highest BCUT2D eigenvalue weighted by atomic mass is 32.2. The van der Waals surface area contributed by atoms with Crippen LogP contribution in [-0.2, 0) is 15.6 Å². The molecule has 98 valence electrons. The predicted molar refractivity (Wildman–Crippen MR) is 64.3 cm³/mol. The monoisotopic (exact) mass is 262 g/mol. The van der Waals surface area contributed by atoms with Crippen LogP contribution in [0.3, 0.4) is 0 Å². The Hall–Kier alpha value is -1.11. The van der Waals surface area contributed by atoms with Crippen molar-refractivity contribution in [3.8, 4) is 0 Å². The van der Waals surface area contributed by atoms with Gasteiger partial charge in [0.1, 0.15) is 6.54 Å². The molecule has 0 aromatic heterocycles. The van der Waals surface area contributed by atoms with E-state index in [1.807, 2.05) is 6.92 Å². The molecular formula is C10H18N2O4S. The first kappa shape index (κ1) is 14.0. The Morgan fingerprint density at radius 1 is 1.47 bits per heavy atom. The number of carboxylic acid groups (broad SMARTS) is 1. The number of nitrogens with zero attached hydrogens (tertiary/aromatic N) is 1. The molecule has 1 atom stereocenters. The quantitative estimate of drug-likeness (QED) is 0.677. The number of hydrogen-bond donors (Lipinski definition) is 2. The summed E-state index contributed by atoms with van der Waals surface area (Å²) in [5.74, 6) is -0.0327. The molecule has 1 fully saturated rings. The first-order valence-corrected chi connectivity index (χ1v) is 7.14. The lowest BCUT2D eigenvalue weighted by Crippen LogP contribution is -2.45. The van der Waals surface area contributed by atoms with Gasteiger partial charge in [-0.05, 0) is 12.8 Å². The summed E-state index contributed by atoms with van der Waals surface area (Å²) in [6.07, 6.45) is 1.73. The van der Waals surface area contributed by atoms with E-state index < -0.39 is 16.8 Å². The number of nitrogens with one attached hydrogen (secondary N) is 1. The molecule has 1 aliphatic rings. The van der Waals surface area contributed by atoms with Crippen LogP contribution in [0.2, 0.25) is 0 Å². The molecule has 1 unspecified atom stereocenters. The number of amides is 2. The molecule has 0 bridgehead atoms. The van der Waals surface area contributed by atoms with Crippen molar-refractivity contribution in [2.24, 2.45) is 0 Å². The van der Waals surface area contributed by atoms with E-state index in [1.165, 1.54) is 4.90 Å². The largest absolute Gasteiger partial charge is 0.480 e. The van der Waals surface area contributed by atoms with Gasteiger partial charge in [0.25, 0.3) is 0 Å². The molecule has 1 saturated carbocycles. The van der Waals surface area contributed by atoms with Crippen molar-refractivity contribution in [3.05, 3.63) is 0 Å². The highest BCUT2D eigenvalue weighted by Crippen LogP contribution is 2.26. The van der Waals surface area contributed by atoms with Gasteiger partial charge in [-0.2, -0.15) is 0 Å². The van der Waals surface area contributed by atoms with E-state index in [-0.39, 0.29) is 18.6 Å². The number of urea groups is 1. The third-order valence-corrected chi connectivity index (χ3v) is 3.79. The molecule has 0 radical (unpaired) electrons. The van der Waals surface area contributed by atoms with Gasteiger partial charge in [0.2, 0.25) is 0 Å². The Bertz CT molecular complexity index is 317. The van der Waals surface area contributed by atoms with E-state index in [9.17, 15) is 13.8 Å². The maximum absolute atomic E-state index is 11.7. The minimum absolute atomic E-state index is 0.0581. The summed E-state index contributed by atoms with van der Waals surface area (Å²) in [6, 6.07) is -0.314. The summed E-state index contributed by atoms with van der Waals surface area (Å²) in [5, 5.41) is 11.3. The van der Waals surface area contributed by atoms with Crippen LogP contribution >= 0.6 is 0 Å². The third-order valence-electron chi connectivity index (χ3n) is 2.48.